The first-order chi connectivity index (χ1) is 23.5. The number of anilines is 3. The van der Waals surface area contributed by atoms with Gasteiger partial charge in [0.15, 0.2) is 0 Å². The summed E-state index contributed by atoms with van der Waals surface area (Å²) in [5.74, 6) is -0.342. The maximum Gasteiger partial charge on any atom is 0.261 e. The molecule has 0 amide bonds. The Morgan fingerprint density at radius 2 is 1.33 bits per heavy atom. The zero-order chi connectivity index (χ0) is 33.5. The van der Waals surface area contributed by atoms with Crippen molar-refractivity contribution >= 4 is 52.4 Å². The van der Waals surface area contributed by atoms with Gasteiger partial charge in [-0.15, -0.1) is 22.7 Å². The van der Waals surface area contributed by atoms with Gasteiger partial charge in [0.25, 0.3) is 5.56 Å². The predicted octanol–water partition coefficient (Wildman–Crippen LogP) is 8.14. The normalized spacial score (nSPS) is 11.5. The Balaban J connectivity index is 1.25. The van der Waals surface area contributed by atoms with Gasteiger partial charge in [0.2, 0.25) is 5.88 Å². The van der Waals surface area contributed by atoms with E-state index in [1.807, 2.05) is 54.6 Å². The Bertz CT molecular complexity index is 2180. The molecule has 6 aromatic rings. The van der Waals surface area contributed by atoms with Crippen LogP contribution in [0, 0.1) is 11.3 Å². The number of pyridine rings is 1. The number of benzene rings is 3. The van der Waals surface area contributed by atoms with Gasteiger partial charge in [0.1, 0.15) is 11.6 Å². The van der Waals surface area contributed by atoms with E-state index in [1.165, 1.54) is 4.57 Å². The number of thiophene rings is 2. The molecule has 48 heavy (non-hydrogen) atoms. The van der Waals surface area contributed by atoms with Gasteiger partial charge in [0.05, 0.1) is 0 Å². The van der Waals surface area contributed by atoms with Crippen LogP contribution in [0.4, 0.5) is 17.1 Å². The Kier molecular flexibility index (Phi) is 10.3. The summed E-state index contributed by atoms with van der Waals surface area (Å²) in [5, 5.41) is 30.0. The number of aromatic nitrogens is 1. The molecule has 0 radical (unpaired) electrons. The van der Waals surface area contributed by atoms with E-state index < -0.39 is 0 Å². The number of hydrogen-bond acceptors (Lipinski definition) is 7. The van der Waals surface area contributed by atoms with Crippen molar-refractivity contribution in [3.05, 3.63) is 140 Å². The molecule has 0 aliphatic rings. The Hall–Kier alpha value is -5.20. The summed E-state index contributed by atoms with van der Waals surface area (Å²) >= 11 is 3.27. The molecule has 3 aromatic heterocycles. The van der Waals surface area contributed by atoms with Crippen molar-refractivity contribution in [2.75, 3.05) is 11.5 Å². The van der Waals surface area contributed by atoms with E-state index >= 15 is 0 Å². The molecule has 6 nitrogen and oxygen atoms in total. The standard InChI is InChI=1S/C40H35N3O3S2/c1-28-34(39(45)42(40(46)35(28)27-41)24-10-2-3-11-25-44)26-33-20-21-37(47-33)38-23-22-36(48-38)29-16-18-32(19-17-29)43(30-12-6-4-7-13-30)31-14-8-5-9-15-31/h4-9,12-23,26,44,46H,1-3,10-11,24-25H2. The molecular weight excluding hydrogens is 635 g/mol. The summed E-state index contributed by atoms with van der Waals surface area (Å²) in [6.07, 6.45) is 4.75. The van der Waals surface area contributed by atoms with E-state index in [0.717, 1.165) is 55.0 Å². The first-order valence-electron chi connectivity index (χ1n) is 15.9. The van der Waals surface area contributed by atoms with Gasteiger partial charge in [-0.1, -0.05) is 68.0 Å². The molecule has 0 aliphatic carbocycles. The van der Waals surface area contributed by atoms with E-state index in [0.29, 0.717) is 18.1 Å². The number of rotatable bonds is 12. The van der Waals surface area contributed by atoms with Crippen LogP contribution in [0.25, 0.3) is 32.8 Å². The minimum absolute atomic E-state index is 0.0116. The number of unbranched alkanes of at least 4 members (excludes halogenated alkanes) is 3. The molecule has 0 fully saturated rings. The lowest BCUT2D eigenvalue weighted by Crippen LogP contribution is -2.46. The van der Waals surface area contributed by atoms with Crippen molar-refractivity contribution in [2.24, 2.45) is 0 Å². The lowest BCUT2D eigenvalue weighted by Gasteiger charge is -2.25. The summed E-state index contributed by atoms with van der Waals surface area (Å²) in [4.78, 5) is 19.9. The average Bonchev–Trinajstić information content (AvgIpc) is 3.80. The highest BCUT2D eigenvalue weighted by atomic mass is 32.1. The summed E-state index contributed by atoms with van der Waals surface area (Å²) in [5.41, 5.74) is 4.04. The first kappa shape index (κ1) is 32.7. The number of para-hydroxylation sites is 2. The molecule has 240 valence electrons. The molecule has 2 N–H and O–H groups in total. The van der Waals surface area contributed by atoms with Gasteiger partial charge in [-0.05, 0) is 85.1 Å². The van der Waals surface area contributed by atoms with Crippen LogP contribution in [0.15, 0.2) is 114 Å². The summed E-state index contributed by atoms with van der Waals surface area (Å²) in [7, 11) is 0. The molecule has 0 saturated carbocycles. The average molecular weight is 670 g/mol. The van der Waals surface area contributed by atoms with E-state index in [1.54, 1.807) is 28.7 Å². The lowest BCUT2D eigenvalue weighted by molar-refractivity contribution is 0.281. The molecule has 3 aromatic carbocycles. The fraction of sp³-hybridized carbons (Fsp3) is 0.150. The third kappa shape index (κ3) is 7.04. The number of hydrogen-bond donors (Lipinski definition) is 2. The smallest absolute Gasteiger partial charge is 0.261 e. The number of aliphatic hydroxyl groups is 1. The molecule has 3 heterocycles. The molecular formula is C40H35N3O3S2. The van der Waals surface area contributed by atoms with Gasteiger partial charge in [-0.3, -0.25) is 9.36 Å². The van der Waals surface area contributed by atoms with Crippen LogP contribution in [0.3, 0.4) is 0 Å². The third-order valence-electron chi connectivity index (χ3n) is 8.18. The molecule has 0 saturated heterocycles. The van der Waals surface area contributed by atoms with Gasteiger partial charge in [-0.2, -0.15) is 5.26 Å². The quantitative estimate of drug-likeness (QED) is 0.128. The van der Waals surface area contributed by atoms with Crippen LogP contribution in [0.2, 0.25) is 0 Å². The van der Waals surface area contributed by atoms with Crippen LogP contribution in [-0.2, 0) is 6.54 Å². The minimum Gasteiger partial charge on any atom is -0.493 e. The second kappa shape index (κ2) is 15.1. The zero-order valence-corrected chi connectivity index (χ0v) is 28.0. The topological polar surface area (TPSA) is 89.5 Å². The maximum absolute atomic E-state index is 13.5. The number of nitriles is 1. The first-order valence-corrected chi connectivity index (χ1v) is 17.5. The van der Waals surface area contributed by atoms with E-state index in [-0.39, 0.29) is 35.4 Å². The molecule has 0 spiro atoms. The van der Waals surface area contributed by atoms with Gasteiger partial charge < -0.3 is 15.1 Å². The van der Waals surface area contributed by atoms with Gasteiger partial charge in [-0.25, -0.2) is 0 Å². The van der Waals surface area contributed by atoms with Crippen molar-refractivity contribution in [1.82, 2.24) is 4.57 Å². The van der Waals surface area contributed by atoms with Crippen LogP contribution >= 0.6 is 22.7 Å². The van der Waals surface area contributed by atoms with Crippen LogP contribution in [-0.4, -0.2) is 21.4 Å². The van der Waals surface area contributed by atoms with Crippen LogP contribution < -0.4 is 20.9 Å². The van der Waals surface area contributed by atoms with Crippen molar-refractivity contribution in [3.63, 3.8) is 0 Å². The summed E-state index contributed by atoms with van der Waals surface area (Å²) in [6.45, 7) is 4.39. The summed E-state index contributed by atoms with van der Waals surface area (Å²) < 4.78 is 1.27. The molecule has 0 aliphatic heterocycles. The maximum atomic E-state index is 13.5. The van der Waals surface area contributed by atoms with E-state index in [4.69, 9.17) is 5.11 Å². The Labute approximate surface area is 287 Å². The minimum atomic E-state index is -0.367. The fourth-order valence-corrected chi connectivity index (χ4v) is 7.74. The second-order valence-electron chi connectivity index (χ2n) is 11.4. The Morgan fingerprint density at radius 3 is 1.98 bits per heavy atom. The lowest BCUT2D eigenvalue weighted by atomic mass is 10.1. The number of nitrogens with zero attached hydrogens (tertiary/aromatic N) is 3. The number of aliphatic hydroxyl groups excluding tert-OH is 1. The van der Waals surface area contributed by atoms with Crippen molar-refractivity contribution in [2.45, 2.75) is 32.2 Å². The second-order valence-corrected chi connectivity index (χ2v) is 13.6. The zero-order valence-electron chi connectivity index (χ0n) is 26.4. The number of aromatic hydroxyl groups is 1. The van der Waals surface area contributed by atoms with E-state index in [2.05, 4.69) is 72.1 Å². The Morgan fingerprint density at radius 1 is 0.750 bits per heavy atom. The van der Waals surface area contributed by atoms with Gasteiger partial charge >= 0.3 is 0 Å². The highest BCUT2D eigenvalue weighted by Gasteiger charge is 2.15. The molecule has 0 bridgehead atoms. The molecule has 6 rings (SSSR count). The van der Waals surface area contributed by atoms with Gasteiger partial charge in [0, 0.05) is 60.2 Å². The SMILES string of the molecule is C=c1c(C#N)c(O)n(CCCCCCO)c(=O)c1=Cc1ccc(-c2ccc(-c3ccc(N(c4ccccc4)c4ccccc4)cc3)s2)s1. The monoisotopic (exact) mass is 669 g/mol. The van der Waals surface area contributed by atoms with Crippen molar-refractivity contribution < 1.29 is 10.2 Å². The molecule has 8 heteroatoms. The third-order valence-corrected chi connectivity index (χ3v) is 10.5. The fourth-order valence-electron chi connectivity index (χ4n) is 5.69. The summed E-state index contributed by atoms with van der Waals surface area (Å²) in [6, 6.07) is 39.6. The highest BCUT2D eigenvalue weighted by Crippen LogP contribution is 2.40. The van der Waals surface area contributed by atoms with Crippen molar-refractivity contribution in [1.29, 1.82) is 5.26 Å². The highest BCUT2D eigenvalue weighted by molar-refractivity contribution is 7.24. The molecule has 0 unspecified atom stereocenters. The van der Waals surface area contributed by atoms with E-state index in [9.17, 15) is 15.2 Å². The van der Waals surface area contributed by atoms with Crippen molar-refractivity contribution in [3.8, 4) is 32.1 Å². The molecule has 0 atom stereocenters. The predicted molar refractivity (Wildman–Crippen MR) is 199 cm³/mol. The van der Waals surface area contributed by atoms with Crippen LogP contribution in [0.5, 0.6) is 5.88 Å². The van der Waals surface area contributed by atoms with Crippen LogP contribution in [0.1, 0.15) is 36.1 Å². The largest absolute Gasteiger partial charge is 0.493 e.